The van der Waals surface area contributed by atoms with Gasteiger partial charge in [0.1, 0.15) is 0 Å². The molecule has 0 N–H and O–H groups in total. The number of aromatic nitrogens is 2. The maximum atomic E-state index is 12.5. The van der Waals surface area contributed by atoms with Gasteiger partial charge in [0.05, 0.1) is 5.69 Å². The number of hydrogen-bond donors (Lipinski definition) is 0. The predicted octanol–water partition coefficient (Wildman–Crippen LogP) is 4.36. The first-order valence-electron chi connectivity index (χ1n) is 8.57. The Morgan fingerprint density at radius 2 is 1.50 bits per heavy atom. The van der Waals surface area contributed by atoms with Crippen LogP contribution < -0.4 is 0 Å². The fourth-order valence-electron chi connectivity index (χ4n) is 2.58. The molecule has 0 saturated heterocycles. The Morgan fingerprint density at radius 3 is 2.08 bits per heavy atom. The van der Waals surface area contributed by atoms with Crippen LogP contribution in [-0.2, 0) is 0 Å². The maximum absolute atomic E-state index is 12.5. The third-order valence-electron chi connectivity index (χ3n) is 4.18. The summed E-state index contributed by atoms with van der Waals surface area (Å²) >= 11 is 0. The Labute approximate surface area is 154 Å². The topological polar surface area (TPSA) is 38.1 Å². The SMILES string of the molecule is Cc1ccc(/C=C/c2cn(-c3ccc(C)cc3)nc2C(=O)N(C)C)cc1. The Bertz CT molecular complexity index is 933. The highest BCUT2D eigenvalue weighted by Gasteiger charge is 2.17. The Balaban J connectivity index is 2.00. The zero-order chi connectivity index (χ0) is 18.7. The summed E-state index contributed by atoms with van der Waals surface area (Å²) < 4.78 is 1.75. The van der Waals surface area contributed by atoms with Gasteiger partial charge in [-0.15, -0.1) is 0 Å². The minimum Gasteiger partial charge on any atom is -0.343 e. The number of carbonyl (C=O) groups excluding carboxylic acids is 1. The number of aryl methyl sites for hydroxylation is 2. The van der Waals surface area contributed by atoms with Gasteiger partial charge in [0.15, 0.2) is 5.69 Å². The van der Waals surface area contributed by atoms with E-state index >= 15 is 0 Å². The number of rotatable bonds is 4. The van der Waals surface area contributed by atoms with Crippen LogP contribution in [0.1, 0.15) is 32.7 Å². The van der Waals surface area contributed by atoms with Crippen molar-refractivity contribution in [3.8, 4) is 5.69 Å². The smallest absolute Gasteiger partial charge is 0.274 e. The molecule has 26 heavy (non-hydrogen) atoms. The van der Waals surface area contributed by atoms with Crippen LogP contribution in [0.5, 0.6) is 0 Å². The van der Waals surface area contributed by atoms with Gasteiger partial charge in [0, 0.05) is 25.9 Å². The second-order valence-electron chi connectivity index (χ2n) is 6.66. The third kappa shape index (κ3) is 3.91. The van der Waals surface area contributed by atoms with Crippen molar-refractivity contribution in [3.63, 3.8) is 0 Å². The lowest BCUT2D eigenvalue weighted by atomic mass is 10.1. The second-order valence-corrected chi connectivity index (χ2v) is 6.66. The number of carbonyl (C=O) groups is 1. The third-order valence-corrected chi connectivity index (χ3v) is 4.18. The molecule has 1 aromatic heterocycles. The highest BCUT2D eigenvalue weighted by Crippen LogP contribution is 2.18. The number of nitrogens with zero attached hydrogens (tertiary/aromatic N) is 3. The molecule has 0 spiro atoms. The monoisotopic (exact) mass is 345 g/mol. The molecule has 0 unspecified atom stereocenters. The molecule has 2 aromatic carbocycles. The van der Waals surface area contributed by atoms with E-state index in [1.165, 1.54) is 11.1 Å². The average molecular weight is 345 g/mol. The quantitative estimate of drug-likeness (QED) is 0.704. The van der Waals surface area contributed by atoms with E-state index in [-0.39, 0.29) is 5.91 Å². The fraction of sp³-hybridized carbons (Fsp3) is 0.182. The summed E-state index contributed by atoms with van der Waals surface area (Å²) in [5, 5.41) is 4.53. The zero-order valence-corrected chi connectivity index (χ0v) is 15.6. The Morgan fingerprint density at radius 1 is 0.923 bits per heavy atom. The molecule has 0 radical (unpaired) electrons. The highest BCUT2D eigenvalue weighted by molar-refractivity contribution is 5.96. The van der Waals surface area contributed by atoms with Crippen LogP contribution in [0.15, 0.2) is 54.7 Å². The summed E-state index contributed by atoms with van der Waals surface area (Å²) in [6.45, 7) is 4.11. The van der Waals surface area contributed by atoms with Crippen LogP contribution in [0.25, 0.3) is 17.8 Å². The van der Waals surface area contributed by atoms with Crippen molar-refractivity contribution >= 4 is 18.1 Å². The van der Waals surface area contributed by atoms with Crippen molar-refractivity contribution in [2.75, 3.05) is 14.1 Å². The lowest BCUT2D eigenvalue weighted by Gasteiger charge is -2.08. The van der Waals surface area contributed by atoms with E-state index in [4.69, 9.17) is 0 Å². The van der Waals surface area contributed by atoms with Crippen molar-refractivity contribution in [1.29, 1.82) is 0 Å². The molecule has 3 aromatic rings. The van der Waals surface area contributed by atoms with Crippen LogP contribution in [0.3, 0.4) is 0 Å². The largest absolute Gasteiger partial charge is 0.343 e. The molecular weight excluding hydrogens is 322 g/mol. The zero-order valence-electron chi connectivity index (χ0n) is 15.6. The van der Waals surface area contributed by atoms with Gasteiger partial charge in [-0.3, -0.25) is 4.79 Å². The molecule has 0 atom stereocenters. The van der Waals surface area contributed by atoms with Crippen LogP contribution in [0.2, 0.25) is 0 Å². The van der Waals surface area contributed by atoms with E-state index < -0.39 is 0 Å². The summed E-state index contributed by atoms with van der Waals surface area (Å²) in [7, 11) is 3.47. The van der Waals surface area contributed by atoms with Crippen LogP contribution in [0.4, 0.5) is 0 Å². The molecule has 4 nitrogen and oxygen atoms in total. The lowest BCUT2D eigenvalue weighted by molar-refractivity contribution is 0.0821. The first-order valence-corrected chi connectivity index (χ1v) is 8.57. The molecule has 0 fully saturated rings. The molecule has 0 aliphatic heterocycles. The Kier molecular flexibility index (Phi) is 5.03. The molecule has 1 heterocycles. The molecule has 4 heteroatoms. The highest BCUT2D eigenvalue weighted by atomic mass is 16.2. The van der Waals surface area contributed by atoms with Gasteiger partial charge in [0.2, 0.25) is 0 Å². The molecule has 1 amide bonds. The summed E-state index contributed by atoms with van der Waals surface area (Å²) in [6.07, 6.45) is 5.84. The maximum Gasteiger partial charge on any atom is 0.274 e. The van der Waals surface area contributed by atoms with Crippen LogP contribution in [-0.4, -0.2) is 34.7 Å². The number of benzene rings is 2. The van der Waals surface area contributed by atoms with Gasteiger partial charge in [0.25, 0.3) is 5.91 Å². The van der Waals surface area contributed by atoms with E-state index in [1.807, 2.05) is 49.5 Å². The molecule has 0 aliphatic carbocycles. The van der Waals surface area contributed by atoms with Crippen LogP contribution in [0, 0.1) is 13.8 Å². The first-order chi connectivity index (χ1) is 12.4. The van der Waals surface area contributed by atoms with E-state index in [0.717, 1.165) is 16.8 Å². The average Bonchev–Trinajstić information content (AvgIpc) is 3.05. The van der Waals surface area contributed by atoms with Crippen molar-refractivity contribution in [1.82, 2.24) is 14.7 Å². The van der Waals surface area contributed by atoms with Crippen molar-refractivity contribution in [2.45, 2.75) is 13.8 Å². The van der Waals surface area contributed by atoms with Gasteiger partial charge in [-0.05, 0) is 31.5 Å². The number of hydrogen-bond acceptors (Lipinski definition) is 2. The summed E-state index contributed by atoms with van der Waals surface area (Å²) in [5.41, 5.74) is 5.66. The fourth-order valence-corrected chi connectivity index (χ4v) is 2.58. The summed E-state index contributed by atoms with van der Waals surface area (Å²) in [6, 6.07) is 16.3. The van der Waals surface area contributed by atoms with E-state index in [1.54, 1.807) is 23.7 Å². The van der Waals surface area contributed by atoms with E-state index in [0.29, 0.717) is 5.69 Å². The second kappa shape index (κ2) is 7.40. The molecule has 3 rings (SSSR count). The van der Waals surface area contributed by atoms with Crippen LogP contribution >= 0.6 is 0 Å². The minimum absolute atomic E-state index is 0.112. The molecular formula is C22H23N3O. The predicted molar refractivity (Wildman–Crippen MR) is 106 cm³/mol. The first kappa shape index (κ1) is 17.7. The van der Waals surface area contributed by atoms with Crippen molar-refractivity contribution in [2.24, 2.45) is 0 Å². The molecule has 0 aliphatic rings. The Hall–Kier alpha value is -3.14. The molecule has 0 saturated carbocycles. The lowest BCUT2D eigenvalue weighted by Crippen LogP contribution is -2.23. The van der Waals surface area contributed by atoms with Gasteiger partial charge in [-0.25, -0.2) is 4.68 Å². The standard InChI is InChI=1S/C22H23N3O/c1-16-5-9-18(10-6-16)11-12-19-15-25(20-13-7-17(2)8-14-20)23-21(19)22(26)24(3)4/h5-15H,1-4H3/b12-11+. The summed E-state index contributed by atoms with van der Waals surface area (Å²) in [4.78, 5) is 14.1. The van der Waals surface area contributed by atoms with Crippen molar-refractivity contribution in [3.05, 3.63) is 82.7 Å². The summed E-state index contributed by atoms with van der Waals surface area (Å²) in [5.74, 6) is -0.112. The van der Waals surface area contributed by atoms with Gasteiger partial charge >= 0.3 is 0 Å². The van der Waals surface area contributed by atoms with E-state index in [2.05, 4.69) is 36.3 Å². The van der Waals surface area contributed by atoms with Crippen molar-refractivity contribution < 1.29 is 4.79 Å². The van der Waals surface area contributed by atoms with Gasteiger partial charge in [-0.2, -0.15) is 5.10 Å². The van der Waals surface area contributed by atoms with Gasteiger partial charge < -0.3 is 4.90 Å². The molecule has 0 bridgehead atoms. The normalized spacial score (nSPS) is 11.1. The number of amides is 1. The molecule has 132 valence electrons. The van der Waals surface area contributed by atoms with Gasteiger partial charge in [-0.1, -0.05) is 59.7 Å². The minimum atomic E-state index is -0.112. The van der Waals surface area contributed by atoms with E-state index in [9.17, 15) is 4.79 Å².